The minimum absolute atomic E-state index is 0.0979. The van der Waals surface area contributed by atoms with Crippen LogP contribution in [0.2, 0.25) is 0 Å². The summed E-state index contributed by atoms with van der Waals surface area (Å²) < 4.78 is 40.9. The predicted octanol–water partition coefficient (Wildman–Crippen LogP) is 2.12. The van der Waals surface area contributed by atoms with E-state index in [1.807, 2.05) is 6.92 Å². The van der Waals surface area contributed by atoms with Crippen LogP contribution in [0.15, 0.2) is 0 Å². The monoisotopic (exact) mass is 200 g/mol. The Bertz CT molecular complexity index is 125. The van der Waals surface area contributed by atoms with E-state index in [0.717, 1.165) is 6.42 Å². The lowest BCUT2D eigenvalue weighted by atomic mass is 10.2. The molecule has 0 saturated carbocycles. The third kappa shape index (κ3) is 5.87. The van der Waals surface area contributed by atoms with E-state index in [-0.39, 0.29) is 13.0 Å². The average molecular weight is 200 g/mol. The zero-order valence-corrected chi connectivity index (χ0v) is 7.60. The molecule has 0 aliphatic rings. The second kappa shape index (κ2) is 6.21. The van der Waals surface area contributed by atoms with E-state index in [4.69, 9.17) is 5.11 Å². The average Bonchev–Trinajstić information content (AvgIpc) is 2.01. The fourth-order valence-corrected chi connectivity index (χ4v) is 0.829. The van der Waals surface area contributed by atoms with Crippen LogP contribution < -0.4 is 0 Å². The van der Waals surface area contributed by atoms with Gasteiger partial charge >= 0.3 is 6.18 Å². The standard InChI is InChI=1S/C8H15F3O2/c1-2-3-6-13-7(4-5-12)8(9,10)11/h7,12H,2-6H2,1H3. The summed E-state index contributed by atoms with van der Waals surface area (Å²) in [6.07, 6.45) is -5.16. The lowest BCUT2D eigenvalue weighted by molar-refractivity contribution is -0.224. The lowest BCUT2D eigenvalue weighted by Gasteiger charge is -2.19. The Morgan fingerprint density at radius 2 is 2.00 bits per heavy atom. The molecule has 0 bridgehead atoms. The number of rotatable bonds is 6. The van der Waals surface area contributed by atoms with Crippen molar-refractivity contribution in [3.63, 3.8) is 0 Å². The van der Waals surface area contributed by atoms with Crippen molar-refractivity contribution in [2.24, 2.45) is 0 Å². The van der Waals surface area contributed by atoms with Crippen molar-refractivity contribution in [1.29, 1.82) is 0 Å². The molecule has 0 heterocycles. The first-order valence-corrected chi connectivity index (χ1v) is 4.31. The van der Waals surface area contributed by atoms with Crippen LogP contribution in [0.25, 0.3) is 0 Å². The van der Waals surface area contributed by atoms with Gasteiger partial charge in [-0.2, -0.15) is 13.2 Å². The van der Waals surface area contributed by atoms with Crippen molar-refractivity contribution >= 4 is 0 Å². The second-order valence-electron chi connectivity index (χ2n) is 2.77. The molecule has 5 heteroatoms. The Hall–Kier alpha value is -0.290. The number of unbranched alkanes of at least 4 members (excludes halogenated alkanes) is 1. The van der Waals surface area contributed by atoms with Crippen LogP contribution in [0.5, 0.6) is 0 Å². The minimum atomic E-state index is -4.36. The van der Waals surface area contributed by atoms with Crippen LogP contribution in [0, 0.1) is 0 Å². The maximum absolute atomic E-state index is 12.1. The van der Waals surface area contributed by atoms with Gasteiger partial charge in [-0.25, -0.2) is 0 Å². The van der Waals surface area contributed by atoms with Crippen LogP contribution in [-0.4, -0.2) is 30.6 Å². The van der Waals surface area contributed by atoms with Crippen LogP contribution in [0.4, 0.5) is 13.2 Å². The molecule has 0 saturated heterocycles. The van der Waals surface area contributed by atoms with Crippen LogP contribution >= 0.6 is 0 Å². The Balaban J connectivity index is 3.81. The van der Waals surface area contributed by atoms with E-state index in [9.17, 15) is 13.2 Å². The maximum atomic E-state index is 12.1. The highest BCUT2D eigenvalue weighted by molar-refractivity contribution is 4.66. The summed E-state index contributed by atoms with van der Waals surface area (Å²) in [5, 5.41) is 8.38. The molecular formula is C8H15F3O2. The predicted molar refractivity (Wildman–Crippen MR) is 42.4 cm³/mol. The van der Waals surface area contributed by atoms with Crippen molar-refractivity contribution in [2.75, 3.05) is 13.2 Å². The third-order valence-corrected chi connectivity index (χ3v) is 1.57. The molecule has 0 aliphatic heterocycles. The fourth-order valence-electron chi connectivity index (χ4n) is 0.829. The number of halogens is 3. The summed E-state index contributed by atoms with van der Waals surface area (Å²) in [6.45, 7) is 1.47. The first-order valence-electron chi connectivity index (χ1n) is 4.31. The molecule has 0 fully saturated rings. The molecule has 2 nitrogen and oxygen atoms in total. The number of hydrogen-bond donors (Lipinski definition) is 1. The van der Waals surface area contributed by atoms with Gasteiger partial charge in [-0.3, -0.25) is 0 Å². The molecule has 1 atom stereocenters. The molecule has 13 heavy (non-hydrogen) atoms. The van der Waals surface area contributed by atoms with Crippen molar-refractivity contribution in [3.8, 4) is 0 Å². The third-order valence-electron chi connectivity index (χ3n) is 1.57. The highest BCUT2D eigenvalue weighted by Crippen LogP contribution is 2.25. The summed E-state index contributed by atoms with van der Waals surface area (Å²) in [6, 6.07) is 0. The van der Waals surface area contributed by atoms with Gasteiger partial charge in [0.15, 0.2) is 6.10 Å². The van der Waals surface area contributed by atoms with Gasteiger partial charge in [0.05, 0.1) is 0 Å². The van der Waals surface area contributed by atoms with E-state index in [0.29, 0.717) is 6.42 Å². The number of alkyl halides is 3. The molecule has 0 radical (unpaired) electrons. The van der Waals surface area contributed by atoms with Crippen molar-refractivity contribution in [1.82, 2.24) is 0 Å². The van der Waals surface area contributed by atoms with Gasteiger partial charge < -0.3 is 9.84 Å². The molecule has 0 aliphatic carbocycles. The molecule has 1 unspecified atom stereocenters. The minimum Gasteiger partial charge on any atom is -0.396 e. The number of hydrogen-bond acceptors (Lipinski definition) is 2. The number of aliphatic hydroxyl groups is 1. The summed E-state index contributed by atoms with van der Waals surface area (Å²) in [7, 11) is 0. The SMILES string of the molecule is CCCCOC(CCO)C(F)(F)F. The van der Waals surface area contributed by atoms with E-state index in [2.05, 4.69) is 4.74 Å². The van der Waals surface area contributed by atoms with Crippen LogP contribution in [0.3, 0.4) is 0 Å². The van der Waals surface area contributed by atoms with E-state index >= 15 is 0 Å². The van der Waals surface area contributed by atoms with Gasteiger partial charge in [-0.05, 0) is 6.42 Å². The molecule has 0 spiro atoms. The Morgan fingerprint density at radius 1 is 1.38 bits per heavy atom. The molecule has 0 aromatic rings. The van der Waals surface area contributed by atoms with Crippen molar-refractivity contribution < 1.29 is 23.0 Å². The van der Waals surface area contributed by atoms with Gasteiger partial charge in [-0.15, -0.1) is 0 Å². The molecular weight excluding hydrogens is 185 g/mol. The summed E-state index contributed by atoms with van der Waals surface area (Å²) in [5.74, 6) is 0. The molecule has 0 amide bonds. The van der Waals surface area contributed by atoms with Gasteiger partial charge in [-0.1, -0.05) is 13.3 Å². The lowest BCUT2D eigenvalue weighted by Crippen LogP contribution is -2.32. The summed E-state index contributed by atoms with van der Waals surface area (Å²) >= 11 is 0. The molecule has 0 aromatic heterocycles. The zero-order chi connectivity index (χ0) is 10.3. The molecule has 1 N–H and O–H groups in total. The van der Waals surface area contributed by atoms with Gasteiger partial charge in [0.25, 0.3) is 0 Å². The Morgan fingerprint density at radius 3 is 2.38 bits per heavy atom. The molecule has 0 rings (SSSR count). The van der Waals surface area contributed by atoms with E-state index in [1.54, 1.807) is 0 Å². The fraction of sp³-hybridized carbons (Fsp3) is 1.00. The summed E-state index contributed by atoms with van der Waals surface area (Å²) in [4.78, 5) is 0. The topological polar surface area (TPSA) is 29.5 Å². The highest BCUT2D eigenvalue weighted by atomic mass is 19.4. The largest absolute Gasteiger partial charge is 0.414 e. The smallest absolute Gasteiger partial charge is 0.396 e. The zero-order valence-electron chi connectivity index (χ0n) is 7.60. The van der Waals surface area contributed by atoms with E-state index in [1.165, 1.54) is 0 Å². The normalized spacial score (nSPS) is 14.5. The van der Waals surface area contributed by atoms with E-state index < -0.39 is 18.9 Å². The maximum Gasteiger partial charge on any atom is 0.414 e. The van der Waals surface area contributed by atoms with Gasteiger partial charge in [0.2, 0.25) is 0 Å². The Kier molecular flexibility index (Phi) is 6.07. The summed E-state index contributed by atoms with van der Waals surface area (Å²) in [5.41, 5.74) is 0. The van der Waals surface area contributed by atoms with Crippen molar-refractivity contribution in [2.45, 2.75) is 38.5 Å². The number of ether oxygens (including phenoxy) is 1. The highest BCUT2D eigenvalue weighted by Gasteiger charge is 2.39. The molecule has 0 aromatic carbocycles. The van der Waals surface area contributed by atoms with Crippen LogP contribution in [-0.2, 0) is 4.74 Å². The van der Waals surface area contributed by atoms with Gasteiger partial charge in [0.1, 0.15) is 0 Å². The Labute approximate surface area is 75.7 Å². The van der Waals surface area contributed by atoms with Crippen LogP contribution in [0.1, 0.15) is 26.2 Å². The second-order valence-corrected chi connectivity index (χ2v) is 2.77. The number of aliphatic hydroxyl groups excluding tert-OH is 1. The quantitative estimate of drug-likeness (QED) is 0.665. The first kappa shape index (κ1) is 12.7. The van der Waals surface area contributed by atoms with Crippen molar-refractivity contribution in [3.05, 3.63) is 0 Å². The first-order chi connectivity index (χ1) is 6.02. The molecule has 80 valence electrons. The van der Waals surface area contributed by atoms with Gasteiger partial charge in [0, 0.05) is 19.6 Å².